The molecular formula is C17H14FN3O2. The second kappa shape index (κ2) is 7.18. The van der Waals surface area contributed by atoms with Gasteiger partial charge >= 0.3 is 0 Å². The molecule has 23 heavy (non-hydrogen) atoms. The average Bonchev–Trinajstić information content (AvgIpc) is 2.53. The van der Waals surface area contributed by atoms with E-state index in [1.807, 2.05) is 6.07 Å². The van der Waals surface area contributed by atoms with Crippen molar-refractivity contribution in [1.29, 1.82) is 5.26 Å². The van der Waals surface area contributed by atoms with Gasteiger partial charge in [0.2, 0.25) is 11.8 Å². The lowest BCUT2D eigenvalue weighted by Crippen LogP contribution is -2.36. The van der Waals surface area contributed by atoms with Crippen molar-refractivity contribution in [3.05, 3.63) is 59.9 Å². The predicted molar refractivity (Wildman–Crippen MR) is 84.2 cm³/mol. The largest absolute Gasteiger partial charge is 0.325 e. The van der Waals surface area contributed by atoms with Crippen LogP contribution in [0.2, 0.25) is 0 Å². The Morgan fingerprint density at radius 3 is 2.48 bits per heavy atom. The number of anilines is 2. The summed E-state index contributed by atoms with van der Waals surface area (Å²) in [7, 11) is 0. The summed E-state index contributed by atoms with van der Waals surface area (Å²) in [5.41, 5.74) is 1.30. The van der Waals surface area contributed by atoms with Gasteiger partial charge in [-0.1, -0.05) is 6.07 Å². The number of carbonyl (C=O) groups is 2. The van der Waals surface area contributed by atoms with E-state index >= 15 is 0 Å². The fraction of sp³-hybridized carbons (Fsp3) is 0.118. The van der Waals surface area contributed by atoms with E-state index in [0.29, 0.717) is 16.9 Å². The first kappa shape index (κ1) is 16.2. The molecule has 2 amide bonds. The number of nitrogens with one attached hydrogen (secondary N) is 1. The number of nitriles is 1. The summed E-state index contributed by atoms with van der Waals surface area (Å²) in [6.07, 6.45) is 0. The van der Waals surface area contributed by atoms with Gasteiger partial charge in [0.25, 0.3) is 0 Å². The van der Waals surface area contributed by atoms with Crippen LogP contribution in [-0.4, -0.2) is 18.4 Å². The van der Waals surface area contributed by atoms with Crippen molar-refractivity contribution in [3.63, 3.8) is 0 Å². The van der Waals surface area contributed by atoms with Crippen molar-refractivity contribution < 1.29 is 14.0 Å². The maximum atomic E-state index is 13.3. The van der Waals surface area contributed by atoms with E-state index in [0.717, 1.165) is 0 Å². The maximum Gasteiger partial charge on any atom is 0.244 e. The summed E-state index contributed by atoms with van der Waals surface area (Å²) in [6, 6.07) is 13.8. The fourth-order valence-corrected chi connectivity index (χ4v) is 2.00. The second-order valence-electron chi connectivity index (χ2n) is 4.82. The lowest BCUT2D eigenvalue weighted by molar-refractivity contribution is -0.120. The van der Waals surface area contributed by atoms with Crippen LogP contribution in [0.5, 0.6) is 0 Å². The van der Waals surface area contributed by atoms with E-state index in [2.05, 4.69) is 5.32 Å². The summed E-state index contributed by atoms with van der Waals surface area (Å²) < 4.78 is 13.3. The van der Waals surface area contributed by atoms with E-state index in [1.54, 1.807) is 30.3 Å². The second-order valence-corrected chi connectivity index (χ2v) is 4.82. The molecule has 2 aromatic carbocycles. The van der Waals surface area contributed by atoms with Crippen LogP contribution in [0.3, 0.4) is 0 Å². The third kappa shape index (κ3) is 4.38. The minimum atomic E-state index is -0.485. The van der Waals surface area contributed by atoms with E-state index < -0.39 is 11.7 Å². The summed E-state index contributed by atoms with van der Waals surface area (Å²) >= 11 is 0. The van der Waals surface area contributed by atoms with Crippen molar-refractivity contribution >= 4 is 23.2 Å². The van der Waals surface area contributed by atoms with Gasteiger partial charge in [-0.15, -0.1) is 0 Å². The zero-order valence-electron chi connectivity index (χ0n) is 12.4. The molecule has 2 rings (SSSR count). The molecule has 6 heteroatoms. The van der Waals surface area contributed by atoms with Crippen molar-refractivity contribution in [1.82, 2.24) is 0 Å². The zero-order chi connectivity index (χ0) is 16.8. The van der Waals surface area contributed by atoms with Gasteiger partial charge in [0.05, 0.1) is 11.6 Å². The molecule has 1 N–H and O–H groups in total. The van der Waals surface area contributed by atoms with Crippen molar-refractivity contribution in [2.75, 3.05) is 16.8 Å². The van der Waals surface area contributed by atoms with Gasteiger partial charge in [0.15, 0.2) is 0 Å². The summed E-state index contributed by atoms with van der Waals surface area (Å²) in [6.45, 7) is 1.07. The monoisotopic (exact) mass is 311 g/mol. The van der Waals surface area contributed by atoms with Crippen molar-refractivity contribution in [2.24, 2.45) is 0 Å². The van der Waals surface area contributed by atoms with Gasteiger partial charge < -0.3 is 10.2 Å². The van der Waals surface area contributed by atoms with Gasteiger partial charge in [-0.05, 0) is 42.5 Å². The van der Waals surface area contributed by atoms with Gasteiger partial charge in [-0.2, -0.15) is 5.26 Å². The van der Waals surface area contributed by atoms with Gasteiger partial charge in [-0.3, -0.25) is 9.59 Å². The van der Waals surface area contributed by atoms with E-state index in [-0.39, 0.29) is 12.5 Å². The number of halogens is 1. The molecule has 0 atom stereocenters. The Morgan fingerprint density at radius 2 is 1.91 bits per heavy atom. The van der Waals surface area contributed by atoms with E-state index in [1.165, 1.54) is 30.0 Å². The molecule has 5 nitrogen and oxygen atoms in total. The van der Waals surface area contributed by atoms with Crippen molar-refractivity contribution in [3.8, 4) is 6.07 Å². The van der Waals surface area contributed by atoms with Crippen LogP contribution in [0.25, 0.3) is 0 Å². The fourth-order valence-electron chi connectivity index (χ4n) is 2.00. The number of amides is 2. The summed E-state index contributed by atoms with van der Waals surface area (Å²) in [5.74, 6) is -1.28. The van der Waals surface area contributed by atoms with Crippen LogP contribution >= 0.6 is 0 Å². The van der Waals surface area contributed by atoms with E-state index in [4.69, 9.17) is 5.26 Å². The van der Waals surface area contributed by atoms with E-state index in [9.17, 15) is 14.0 Å². The molecule has 0 bridgehead atoms. The molecule has 0 aliphatic heterocycles. The predicted octanol–water partition coefficient (Wildman–Crippen LogP) is 2.69. The minimum absolute atomic E-state index is 0.237. The highest BCUT2D eigenvalue weighted by atomic mass is 19.1. The zero-order valence-corrected chi connectivity index (χ0v) is 12.4. The minimum Gasteiger partial charge on any atom is -0.325 e. The Morgan fingerprint density at radius 1 is 1.22 bits per heavy atom. The van der Waals surface area contributed by atoms with Crippen LogP contribution in [0, 0.1) is 17.1 Å². The van der Waals surface area contributed by atoms with Gasteiger partial charge in [0, 0.05) is 18.3 Å². The van der Waals surface area contributed by atoms with Crippen LogP contribution in [0.1, 0.15) is 12.5 Å². The van der Waals surface area contributed by atoms with Gasteiger partial charge in [0.1, 0.15) is 12.4 Å². The molecule has 0 heterocycles. The number of nitrogens with zero attached hydrogens (tertiary/aromatic N) is 2. The lowest BCUT2D eigenvalue weighted by atomic mass is 10.2. The molecular weight excluding hydrogens is 297 g/mol. The van der Waals surface area contributed by atoms with Gasteiger partial charge in [-0.25, -0.2) is 4.39 Å². The topological polar surface area (TPSA) is 73.2 Å². The first-order chi connectivity index (χ1) is 11.0. The molecule has 0 saturated carbocycles. The van der Waals surface area contributed by atoms with Crippen LogP contribution in [-0.2, 0) is 9.59 Å². The Labute approximate surface area is 133 Å². The van der Waals surface area contributed by atoms with Crippen LogP contribution in [0.4, 0.5) is 15.8 Å². The number of benzene rings is 2. The lowest BCUT2D eigenvalue weighted by Gasteiger charge is -2.20. The quantitative estimate of drug-likeness (QED) is 0.943. The van der Waals surface area contributed by atoms with Crippen molar-refractivity contribution in [2.45, 2.75) is 6.92 Å². The number of hydrogen-bond donors (Lipinski definition) is 1. The maximum absolute atomic E-state index is 13.3. The molecule has 0 aliphatic rings. The molecule has 2 aromatic rings. The Bertz CT molecular complexity index is 766. The first-order valence-electron chi connectivity index (χ1n) is 6.83. The molecule has 0 radical (unpaired) electrons. The first-order valence-corrected chi connectivity index (χ1v) is 6.83. The molecule has 0 saturated heterocycles. The highest BCUT2D eigenvalue weighted by Gasteiger charge is 2.16. The smallest absolute Gasteiger partial charge is 0.244 e. The highest BCUT2D eigenvalue weighted by molar-refractivity contribution is 6.01. The highest BCUT2D eigenvalue weighted by Crippen LogP contribution is 2.16. The Balaban J connectivity index is 2.09. The Kier molecular flexibility index (Phi) is 5.05. The van der Waals surface area contributed by atoms with Crippen LogP contribution < -0.4 is 10.2 Å². The number of hydrogen-bond acceptors (Lipinski definition) is 3. The molecule has 116 valence electrons. The molecule has 0 aliphatic carbocycles. The standard InChI is InChI=1S/C17H14FN3O2/c1-12(22)21(16-4-2-3-14(18)9-16)11-17(23)20-15-7-5-13(10-19)6-8-15/h2-9H,11H2,1H3,(H,20,23). The van der Waals surface area contributed by atoms with Crippen LogP contribution in [0.15, 0.2) is 48.5 Å². The third-order valence-electron chi connectivity index (χ3n) is 3.10. The molecule has 0 fully saturated rings. The summed E-state index contributed by atoms with van der Waals surface area (Å²) in [5, 5.41) is 11.4. The third-order valence-corrected chi connectivity index (χ3v) is 3.10. The SMILES string of the molecule is CC(=O)N(CC(=O)Nc1ccc(C#N)cc1)c1cccc(F)c1. The average molecular weight is 311 g/mol. The number of rotatable bonds is 4. The summed E-state index contributed by atoms with van der Waals surface area (Å²) in [4.78, 5) is 25.0. The Hall–Kier alpha value is -3.20. The molecule has 0 aromatic heterocycles. The molecule has 0 unspecified atom stereocenters. The molecule has 0 spiro atoms. The number of carbonyl (C=O) groups excluding carboxylic acids is 2. The normalized spacial score (nSPS) is 9.78.